The molecular formula is C66H40N4. The lowest BCUT2D eigenvalue weighted by atomic mass is 9.49. The average Bonchev–Trinajstić information content (AvgIpc) is 3.97. The molecule has 70 heavy (non-hydrogen) atoms. The van der Waals surface area contributed by atoms with Crippen molar-refractivity contribution in [2.75, 3.05) is 0 Å². The van der Waals surface area contributed by atoms with Crippen molar-refractivity contribution in [3.63, 3.8) is 0 Å². The zero-order valence-electron chi connectivity index (χ0n) is 37.9. The minimum atomic E-state index is -0.764. The number of hydrogen-bond donors (Lipinski definition) is 0. The van der Waals surface area contributed by atoms with Crippen molar-refractivity contribution in [3.8, 4) is 45.3 Å². The summed E-state index contributed by atoms with van der Waals surface area (Å²) in [5, 5.41) is 5.02. The molecule has 0 saturated carbocycles. The Morgan fingerprint density at radius 1 is 0.271 bits per heavy atom. The molecule has 0 saturated heterocycles. The van der Waals surface area contributed by atoms with E-state index in [4.69, 9.17) is 9.97 Å². The summed E-state index contributed by atoms with van der Waals surface area (Å²) in [6, 6.07) is 90.0. The Labute approximate surface area is 404 Å². The summed E-state index contributed by atoms with van der Waals surface area (Å²) in [7, 11) is 0. The Kier molecular flexibility index (Phi) is 7.45. The smallest absolute Gasteiger partial charge is 0.160 e. The van der Waals surface area contributed by atoms with Crippen LogP contribution in [0.25, 0.3) is 88.9 Å². The molecule has 2 spiro atoms. The van der Waals surface area contributed by atoms with Gasteiger partial charge in [0.2, 0.25) is 0 Å². The van der Waals surface area contributed by atoms with E-state index in [1.165, 1.54) is 99.5 Å². The van der Waals surface area contributed by atoms with Gasteiger partial charge in [-0.3, -0.25) is 0 Å². The Balaban J connectivity index is 1.11. The molecule has 10 aromatic carbocycles. The molecule has 2 aliphatic heterocycles. The third kappa shape index (κ3) is 4.61. The number of nitrogens with zero attached hydrogens (tertiary/aromatic N) is 4. The maximum Gasteiger partial charge on any atom is 0.160 e. The number of rotatable bonds is 3. The molecule has 3 aliphatic rings. The van der Waals surface area contributed by atoms with Crippen molar-refractivity contribution in [3.05, 3.63) is 287 Å². The standard InChI is InChI=1S/C66H40N4/c1-3-19-41(20-4-1)56-40-57(42-21-5-2-6-22-42)68-64(67-56)43-37-38-50-55(39-43)66(52-30-12-16-36-61(52)70-59-34-14-8-24-45(59)47-26-18-32-54(66)63(47)70)49-28-10-9-27-48(49)65(50)51-29-11-15-35-60(51)69-58-33-13-7-23-44(58)46-25-17-31-53(65)62(46)69/h1-40H. The molecule has 0 fully saturated rings. The lowest BCUT2D eigenvalue weighted by molar-refractivity contribution is 0.606. The van der Waals surface area contributed by atoms with Crippen LogP contribution in [-0.2, 0) is 10.8 Å². The minimum absolute atomic E-state index is 0.689. The topological polar surface area (TPSA) is 35.6 Å². The van der Waals surface area contributed by atoms with Gasteiger partial charge in [0.1, 0.15) is 0 Å². The Hall–Kier alpha value is -9.12. The largest absolute Gasteiger partial charge is 0.309 e. The van der Waals surface area contributed by atoms with Gasteiger partial charge >= 0.3 is 0 Å². The van der Waals surface area contributed by atoms with E-state index >= 15 is 0 Å². The van der Waals surface area contributed by atoms with E-state index in [2.05, 4.69) is 252 Å². The monoisotopic (exact) mass is 888 g/mol. The third-order valence-electron chi connectivity index (χ3n) is 16.0. The van der Waals surface area contributed by atoms with Crippen molar-refractivity contribution in [1.82, 2.24) is 19.1 Å². The van der Waals surface area contributed by atoms with Gasteiger partial charge < -0.3 is 9.13 Å². The quantitative estimate of drug-likeness (QED) is 0.177. The first-order valence-corrected chi connectivity index (χ1v) is 24.2. The van der Waals surface area contributed by atoms with Gasteiger partial charge in [0.05, 0.1) is 55.7 Å². The fourth-order valence-corrected chi connectivity index (χ4v) is 13.4. The second-order valence-corrected chi connectivity index (χ2v) is 19.1. The normalized spacial score (nSPS) is 17.0. The Bertz CT molecular complexity index is 4310. The van der Waals surface area contributed by atoms with Crippen LogP contribution in [0.5, 0.6) is 0 Å². The summed E-state index contributed by atoms with van der Waals surface area (Å²) in [4.78, 5) is 11.0. The van der Waals surface area contributed by atoms with E-state index in [1.54, 1.807) is 0 Å². The van der Waals surface area contributed by atoms with E-state index in [0.29, 0.717) is 5.82 Å². The lowest BCUT2D eigenvalue weighted by Crippen LogP contribution is -2.48. The summed E-state index contributed by atoms with van der Waals surface area (Å²) in [5.41, 5.74) is 20.8. The second-order valence-electron chi connectivity index (χ2n) is 19.1. The third-order valence-corrected chi connectivity index (χ3v) is 16.0. The maximum atomic E-state index is 5.48. The molecule has 13 aromatic rings. The van der Waals surface area contributed by atoms with E-state index < -0.39 is 10.8 Å². The van der Waals surface area contributed by atoms with Gasteiger partial charge in [-0.05, 0) is 80.9 Å². The summed E-state index contributed by atoms with van der Waals surface area (Å²) in [6.07, 6.45) is 0. The Morgan fingerprint density at radius 2 is 0.671 bits per heavy atom. The Morgan fingerprint density at radius 3 is 1.20 bits per heavy atom. The van der Waals surface area contributed by atoms with E-state index in [9.17, 15) is 0 Å². The molecule has 0 N–H and O–H groups in total. The van der Waals surface area contributed by atoms with Crippen molar-refractivity contribution in [1.29, 1.82) is 0 Å². The van der Waals surface area contributed by atoms with Crippen molar-refractivity contribution < 1.29 is 0 Å². The average molecular weight is 889 g/mol. The van der Waals surface area contributed by atoms with Crippen LogP contribution in [0.2, 0.25) is 0 Å². The van der Waals surface area contributed by atoms with Crippen LogP contribution in [0.1, 0.15) is 44.5 Å². The first-order valence-electron chi connectivity index (χ1n) is 24.2. The van der Waals surface area contributed by atoms with Gasteiger partial charge in [-0.25, -0.2) is 9.97 Å². The number of benzene rings is 10. The number of fused-ring (bicyclic) bond motifs is 20. The first kappa shape index (κ1) is 37.9. The molecule has 2 atom stereocenters. The molecule has 4 nitrogen and oxygen atoms in total. The lowest BCUT2D eigenvalue weighted by Gasteiger charge is -2.53. The number of aromatic nitrogens is 4. The molecule has 324 valence electrons. The fraction of sp³-hybridized carbons (Fsp3) is 0.0303. The van der Waals surface area contributed by atoms with E-state index in [1.807, 2.05) is 0 Å². The molecule has 5 heterocycles. The molecule has 0 amide bonds. The van der Waals surface area contributed by atoms with E-state index in [0.717, 1.165) is 28.1 Å². The maximum absolute atomic E-state index is 5.48. The van der Waals surface area contributed by atoms with Crippen molar-refractivity contribution >= 4 is 43.6 Å². The first-order chi connectivity index (χ1) is 34.7. The molecule has 0 radical (unpaired) electrons. The van der Waals surface area contributed by atoms with Crippen molar-refractivity contribution in [2.45, 2.75) is 10.8 Å². The molecule has 1 aliphatic carbocycles. The van der Waals surface area contributed by atoms with Crippen LogP contribution in [0.3, 0.4) is 0 Å². The van der Waals surface area contributed by atoms with Gasteiger partial charge in [-0.1, -0.05) is 206 Å². The van der Waals surface area contributed by atoms with Gasteiger partial charge in [0.15, 0.2) is 5.82 Å². The summed E-state index contributed by atoms with van der Waals surface area (Å²) < 4.78 is 5.06. The summed E-state index contributed by atoms with van der Waals surface area (Å²) >= 11 is 0. The highest BCUT2D eigenvalue weighted by Gasteiger charge is 2.58. The summed E-state index contributed by atoms with van der Waals surface area (Å²) in [6.45, 7) is 0. The SMILES string of the molecule is c1ccc(-c2cc(-c3ccccc3)nc(-c3ccc4c(c3)C3(c5ccccc5-n5c6ccccc6c6cccc3c65)c3ccccc3C43c4ccccc4-n4c5ccccc5c5cccc3c54)n2)cc1. The number of hydrogen-bond acceptors (Lipinski definition) is 2. The van der Waals surface area contributed by atoms with Gasteiger partial charge in [0, 0.05) is 38.2 Å². The van der Waals surface area contributed by atoms with Crippen LogP contribution in [0.15, 0.2) is 243 Å². The van der Waals surface area contributed by atoms with Gasteiger partial charge in [-0.15, -0.1) is 0 Å². The minimum Gasteiger partial charge on any atom is -0.309 e. The molecule has 4 heteroatoms. The van der Waals surface area contributed by atoms with Crippen LogP contribution >= 0.6 is 0 Å². The highest BCUT2D eigenvalue weighted by atomic mass is 15.0. The second kappa shape index (κ2) is 13.7. The highest BCUT2D eigenvalue weighted by Crippen LogP contribution is 2.65. The molecular weight excluding hydrogens is 849 g/mol. The zero-order chi connectivity index (χ0) is 45.7. The summed E-state index contributed by atoms with van der Waals surface area (Å²) in [5.74, 6) is 0.689. The fourth-order valence-electron chi connectivity index (χ4n) is 13.4. The molecule has 16 rings (SSSR count). The van der Waals surface area contributed by atoms with Gasteiger partial charge in [0.25, 0.3) is 0 Å². The van der Waals surface area contributed by atoms with Crippen LogP contribution in [-0.4, -0.2) is 19.1 Å². The molecule has 0 bridgehead atoms. The molecule has 2 unspecified atom stereocenters. The highest BCUT2D eigenvalue weighted by molar-refractivity contribution is 6.14. The number of para-hydroxylation sites is 6. The molecule has 3 aromatic heterocycles. The zero-order valence-corrected chi connectivity index (χ0v) is 37.9. The van der Waals surface area contributed by atoms with Crippen LogP contribution < -0.4 is 0 Å². The van der Waals surface area contributed by atoms with Crippen LogP contribution in [0.4, 0.5) is 0 Å². The van der Waals surface area contributed by atoms with Crippen LogP contribution in [0, 0.1) is 0 Å². The predicted molar refractivity (Wildman–Crippen MR) is 284 cm³/mol. The van der Waals surface area contributed by atoms with E-state index in [-0.39, 0.29) is 0 Å². The van der Waals surface area contributed by atoms with Crippen molar-refractivity contribution in [2.24, 2.45) is 0 Å². The predicted octanol–water partition coefficient (Wildman–Crippen LogP) is 15.4. The van der Waals surface area contributed by atoms with Gasteiger partial charge in [-0.2, -0.15) is 0 Å².